The summed E-state index contributed by atoms with van der Waals surface area (Å²) in [5, 5.41) is 10.8. The normalized spacial score (nSPS) is 29.1. The predicted molar refractivity (Wildman–Crippen MR) is 68.1 cm³/mol. The lowest BCUT2D eigenvalue weighted by atomic mass is 9.77. The summed E-state index contributed by atoms with van der Waals surface area (Å²) in [4.78, 5) is 0. The molecule has 94 valence electrons. The molecule has 1 aromatic carbocycles. The molecule has 0 aromatic heterocycles. The van der Waals surface area contributed by atoms with Crippen LogP contribution in [0.3, 0.4) is 0 Å². The third kappa shape index (κ3) is 2.45. The molecule has 3 nitrogen and oxygen atoms in total. The van der Waals surface area contributed by atoms with Crippen molar-refractivity contribution in [2.45, 2.75) is 44.2 Å². The van der Waals surface area contributed by atoms with Gasteiger partial charge >= 0.3 is 0 Å². The molecule has 1 aliphatic carbocycles. The smallest absolute Gasteiger partial charge is 0.124 e. The summed E-state index contributed by atoms with van der Waals surface area (Å²) in [7, 11) is 1.64. The van der Waals surface area contributed by atoms with Crippen LogP contribution in [0.25, 0.3) is 0 Å². The number of hydrogen-bond acceptors (Lipinski definition) is 3. The van der Waals surface area contributed by atoms with E-state index in [1.54, 1.807) is 7.11 Å². The summed E-state index contributed by atoms with van der Waals surface area (Å²) in [6, 6.07) is 6.01. The molecule has 0 saturated heterocycles. The number of benzene rings is 1. The van der Waals surface area contributed by atoms with Crippen LogP contribution in [0, 0.1) is 6.92 Å². The van der Waals surface area contributed by atoms with Crippen LogP contribution in [0.4, 0.5) is 0 Å². The van der Waals surface area contributed by atoms with Crippen LogP contribution in [0.2, 0.25) is 0 Å². The number of aryl methyl sites for hydroxylation is 1. The molecule has 0 bridgehead atoms. The van der Waals surface area contributed by atoms with Crippen molar-refractivity contribution >= 4 is 0 Å². The average molecular weight is 235 g/mol. The number of hydrogen-bond donors (Lipinski definition) is 2. The first-order chi connectivity index (χ1) is 8.05. The Hall–Kier alpha value is -1.06. The van der Waals surface area contributed by atoms with Gasteiger partial charge in [-0.25, -0.2) is 0 Å². The van der Waals surface area contributed by atoms with Crippen LogP contribution in [-0.4, -0.2) is 18.3 Å². The zero-order valence-corrected chi connectivity index (χ0v) is 10.6. The summed E-state index contributed by atoms with van der Waals surface area (Å²) in [5.41, 5.74) is 7.17. The molecule has 17 heavy (non-hydrogen) atoms. The molecule has 1 fully saturated rings. The Labute approximate surface area is 103 Å². The number of ether oxygens (including phenoxy) is 1. The maximum absolute atomic E-state index is 10.8. The highest BCUT2D eigenvalue weighted by Crippen LogP contribution is 2.41. The van der Waals surface area contributed by atoms with Gasteiger partial charge < -0.3 is 15.6 Å². The van der Waals surface area contributed by atoms with E-state index in [1.807, 2.05) is 25.1 Å². The fraction of sp³-hybridized carbons (Fsp3) is 0.571. The van der Waals surface area contributed by atoms with Crippen molar-refractivity contribution in [2.24, 2.45) is 5.73 Å². The molecular formula is C14H21NO2. The van der Waals surface area contributed by atoms with Crippen LogP contribution < -0.4 is 10.5 Å². The Kier molecular flexibility index (Phi) is 3.40. The Morgan fingerprint density at radius 1 is 1.47 bits per heavy atom. The summed E-state index contributed by atoms with van der Waals surface area (Å²) in [5.74, 6) is 0.757. The first kappa shape index (κ1) is 12.4. The van der Waals surface area contributed by atoms with Gasteiger partial charge in [-0.3, -0.25) is 0 Å². The molecule has 2 unspecified atom stereocenters. The van der Waals surface area contributed by atoms with Gasteiger partial charge in [0.25, 0.3) is 0 Å². The molecule has 1 saturated carbocycles. The van der Waals surface area contributed by atoms with E-state index in [1.165, 1.54) is 0 Å². The molecule has 0 spiro atoms. The predicted octanol–water partition coefficient (Wildman–Crippen LogP) is 2.09. The molecule has 2 atom stereocenters. The fourth-order valence-electron chi connectivity index (χ4n) is 2.72. The van der Waals surface area contributed by atoms with Crippen molar-refractivity contribution in [1.29, 1.82) is 0 Å². The summed E-state index contributed by atoms with van der Waals surface area (Å²) in [6.07, 6.45) is 3.35. The van der Waals surface area contributed by atoms with Gasteiger partial charge in [0, 0.05) is 11.6 Å². The van der Waals surface area contributed by atoms with Gasteiger partial charge in [-0.2, -0.15) is 0 Å². The summed E-state index contributed by atoms with van der Waals surface area (Å²) >= 11 is 0. The first-order valence-electron chi connectivity index (χ1n) is 6.18. The minimum absolute atomic E-state index is 0.0824. The van der Waals surface area contributed by atoms with E-state index >= 15 is 0 Å². The van der Waals surface area contributed by atoms with Crippen molar-refractivity contribution in [2.75, 3.05) is 7.11 Å². The van der Waals surface area contributed by atoms with Gasteiger partial charge in [-0.15, -0.1) is 0 Å². The molecule has 0 aliphatic heterocycles. The molecular weight excluding hydrogens is 214 g/mol. The minimum atomic E-state index is -0.824. The zero-order valence-electron chi connectivity index (χ0n) is 10.6. The van der Waals surface area contributed by atoms with Gasteiger partial charge in [0.1, 0.15) is 5.75 Å². The van der Waals surface area contributed by atoms with Crippen molar-refractivity contribution in [3.63, 3.8) is 0 Å². The molecule has 1 aromatic rings. The van der Waals surface area contributed by atoms with Crippen LogP contribution in [0.1, 0.15) is 36.8 Å². The lowest BCUT2D eigenvalue weighted by Gasteiger charge is -2.36. The molecule has 0 amide bonds. The minimum Gasteiger partial charge on any atom is -0.496 e. The van der Waals surface area contributed by atoms with E-state index in [0.717, 1.165) is 36.1 Å². The van der Waals surface area contributed by atoms with E-state index < -0.39 is 5.60 Å². The zero-order chi connectivity index (χ0) is 12.5. The van der Waals surface area contributed by atoms with E-state index in [9.17, 15) is 5.11 Å². The van der Waals surface area contributed by atoms with Crippen LogP contribution >= 0.6 is 0 Å². The third-order valence-corrected chi connectivity index (χ3v) is 3.62. The second-order valence-corrected chi connectivity index (χ2v) is 5.09. The topological polar surface area (TPSA) is 55.5 Å². The second-order valence-electron chi connectivity index (χ2n) is 5.09. The lowest BCUT2D eigenvalue weighted by molar-refractivity contribution is -0.00906. The first-order valence-corrected chi connectivity index (χ1v) is 6.18. The number of aliphatic hydroxyl groups is 1. The van der Waals surface area contributed by atoms with E-state index in [2.05, 4.69) is 0 Å². The number of rotatable bonds is 2. The molecule has 2 rings (SSSR count). The molecule has 0 radical (unpaired) electrons. The van der Waals surface area contributed by atoms with Gasteiger partial charge in [0.05, 0.1) is 12.7 Å². The molecule has 0 heterocycles. The third-order valence-electron chi connectivity index (χ3n) is 3.62. The molecule has 3 N–H and O–H groups in total. The maximum atomic E-state index is 10.8. The van der Waals surface area contributed by atoms with E-state index in [-0.39, 0.29) is 6.04 Å². The Balaban J connectivity index is 2.40. The summed E-state index contributed by atoms with van der Waals surface area (Å²) < 4.78 is 5.35. The van der Waals surface area contributed by atoms with Crippen LogP contribution in [-0.2, 0) is 5.60 Å². The monoisotopic (exact) mass is 235 g/mol. The standard InChI is InChI=1S/C14H21NO2/c1-10-5-6-13(17-2)12(8-10)14(16)7-3-4-11(15)9-14/h5-6,8,11,16H,3-4,7,9,15H2,1-2H3. The number of nitrogens with two attached hydrogens (primary N) is 1. The Morgan fingerprint density at radius 3 is 2.88 bits per heavy atom. The fourth-order valence-corrected chi connectivity index (χ4v) is 2.72. The van der Waals surface area contributed by atoms with Crippen LogP contribution in [0.15, 0.2) is 18.2 Å². The van der Waals surface area contributed by atoms with Gasteiger partial charge in [-0.1, -0.05) is 11.6 Å². The van der Waals surface area contributed by atoms with E-state index in [0.29, 0.717) is 6.42 Å². The highest BCUT2D eigenvalue weighted by atomic mass is 16.5. The van der Waals surface area contributed by atoms with E-state index in [4.69, 9.17) is 10.5 Å². The SMILES string of the molecule is COc1ccc(C)cc1C1(O)CCCC(N)C1. The Morgan fingerprint density at radius 2 is 2.24 bits per heavy atom. The maximum Gasteiger partial charge on any atom is 0.124 e. The second kappa shape index (κ2) is 4.67. The quantitative estimate of drug-likeness (QED) is 0.825. The van der Waals surface area contributed by atoms with Crippen molar-refractivity contribution in [3.8, 4) is 5.75 Å². The van der Waals surface area contributed by atoms with Crippen molar-refractivity contribution in [3.05, 3.63) is 29.3 Å². The van der Waals surface area contributed by atoms with Crippen molar-refractivity contribution in [1.82, 2.24) is 0 Å². The largest absolute Gasteiger partial charge is 0.496 e. The highest BCUT2D eigenvalue weighted by Gasteiger charge is 2.36. The van der Waals surface area contributed by atoms with Gasteiger partial charge in [-0.05, 0) is 44.7 Å². The highest BCUT2D eigenvalue weighted by molar-refractivity contribution is 5.41. The average Bonchev–Trinajstić information content (AvgIpc) is 2.28. The van der Waals surface area contributed by atoms with Gasteiger partial charge in [0.15, 0.2) is 0 Å². The van der Waals surface area contributed by atoms with Crippen LogP contribution in [0.5, 0.6) is 5.75 Å². The molecule has 3 heteroatoms. The number of methoxy groups -OCH3 is 1. The summed E-state index contributed by atoms with van der Waals surface area (Å²) in [6.45, 7) is 2.02. The Bertz CT molecular complexity index is 405. The lowest BCUT2D eigenvalue weighted by Crippen LogP contribution is -2.39. The molecule has 1 aliphatic rings. The van der Waals surface area contributed by atoms with Crippen molar-refractivity contribution < 1.29 is 9.84 Å². The van der Waals surface area contributed by atoms with Gasteiger partial charge in [0.2, 0.25) is 0 Å².